The van der Waals surface area contributed by atoms with Crippen molar-refractivity contribution in [2.75, 3.05) is 0 Å². The van der Waals surface area contributed by atoms with Crippen molar-refractivity contribution in [3.8, 4) is 11.1 Å². The number of aromatic nitrogens is 3. The summed E-state index contributed by atoms with van der Waals surface area (Å²) in [5.74, 6) is 0. The summed E-state index contributed by atoms with van der Waals surface area (Å²) in [7, 11) is 0. The highest BCUT2D eigenvalue weighted by Crippen LogP contribution is 2.18. The Hall–Kier alpha value is -2.49. The highest BCUT2D eigenvalue weighted by Gasteiger charge is 2.04. The molecule has 0 aliphatic rings. The van der Waals surface area contributed by atoms with Gasteiger partial charge >= 0.3 is 0 Å². The van der Waals surface area contributed by atoms with E-state index in [9.17, 15) is 4.79 Å². The predicted molar refractivity (Wildman–Crippen MR) is 65.6 cm³/mol. The molecule has 4 nitrogen and oxygen atoms in total. The van der Waals surface area contributed by atoms with Gasteiger partial charge in [-0.2, -0.15) is 0 Å². The third kappa shape index (κ3) is 1.69. The van der Waals surface area contributed by atoms with Gasteiger partial charge in [-0.1, -0.05) is 18.2 Å². The van der Waals surface area contributed by atoms with E-state index in [1.54, 1.807) is 12.4 Å². The van der Waals surface area contributed by atoms with E-state index in [0.717, 1.165) is 16.5 Å². The first-order valence-electron chi connectivity index (χ1n) is 5.22. The lowest BCUT2D eigenvalue weighted by molar-refractivity contribution is 1.12. The summed E-state index contributed by atoms with van der Waals surface area (Å²) < 4.78 is 0. The standard InChI is InChI=1S/C13H9N3O/c17-13-11(7-14-8-16-13)10-5-9-3-1-2-4-12(9)15-6-10/h1-8H,(H,14,16,17). The average molecular weight is 223 g/mol. The van der Waals surface area contributed by atoms with E-state index in [2.05, 4.69) is 15.0 Å². The Morgan fingerprint density at radius 3 is 2.88 bits per heavy atom. The second-order valence-electron chi connectivity index (χ2n) is 3.71. The van der Waals surface area contributed by atoms with Crippen LogP contribution in [-0.2, 0) is 0 Å². The highest BCUT2D eigenvalue weighted by molar-refractivity contribution is 5.83. The van der Waals surface area contributed by atoms with Crippen LogP contribution in [0.2, 0.25) is 0 Å². The molecule has 0 spiro atoms. The topological polar surface area (TPSA) is 58.6 Å². The molecule has 0 bridgehead atoms. The number of fused-ring (bicyclic) bond motifs is 1. The van der Waals surface area contributed by atoms with Gasteiger partial charge in [-0.15, -0.1) is 0 Å². The fraction of sp³-hybridized carbons (Fsp3) is 0. The zero-order valence-electron chi connectivity index (χ0n) is 8.92. The Morgan fingerprint density at radius 1 is 1.12 bits per heavy atom. The van der Waals surface area contributed by atoms with Crippen molar-refractivity contribution in [1.29, 1.82) is 0 Å². The van der Waals surface area contributed by atoms with Crippen LogP contribution in [0.1, 0.15) is 0 Å². The van der Waals surface area contributed by atoms with Crippen molar-refractivity contribution in [1.82, 2.24) is 15.0 Å². The molecule has 3 rings (SSSR count). The van der Waals surface area contributed by atoms with Crippen LogP contribution < -0.4 is 5.56 Å². The first kappa shape index (κ1) is 9.72. The predicted octanol–water partition coefficient (Wildman–Crippen LogP) is 1.99. The van der Waals surface area contributed by atoms with Crippen LogP contribution >= 0.6 is 0 Å². The van der Waals surface area contributed by atoms with Crippen molar-refractivity contribution >= 4 is 10.9 Å². The van der Waals surface area contributed by atoms with E-state index >= 15 is 0 Å². The second kappa shape index (κ2) is 3.83. The summed E-state index contributed by atoms with van der Waals surface area (Å²) in [6.07, 6.45) is 4.61. The maximum atomic E-state index is 11.6. The summed E-state index contributed by atoms with van der Waals surface area (Å²) in [4.78, 5) is 22.4. The summed E-state index contributed by atoms with van der Waals surface area (Å²) in [5.41, 5.74) is 2.07. The molecule has 2 heterocycles. The Morgan fingerprint density at radius 2 is 2.00 bits per heavy atom. The molecular weight excluding hydrogens is 214 g/mol. The molecule has 17 heavy (non-hydrogen) atoms. The molecule has 0 radical (unpaired) electrons. The fourth-order valence-corrected chi connectivity index (χ4v) is 1.77. The van der Waals surface area contributed by atoms with Gasteiger partial charge in [0, 0.05) is 23.3 Å². The quantitative estimate of drug-likeness (QED) is 0.686. The Bertz CT molecular complexity index is 734. The van der Waals surface area contributed by atoms with E-state index in [4.69, 9.17) is 0 Å². The lowest BCUT2D eigenvalue weighted by atomic mass is 10.1. The molecule has 0 unspecified atom stereocenters. The van der Waals surface area contributed by atoms with E-state index in [1.807, 2.05) is 30.3 Å². The Balaban J connectivity index is 2.25. The smallest absolute Gasteiger partial charge is 0.258 e. The normalized spacial score (nSPS) is 10.6. The Kier molecular flexibility index (Phi) is 2.19. The minimum Gasteiger partial charge on any atom is -0.313 e. The van der Waals surface area contributed by atoms with Crippen LogP contribution in [0.4, 0.5) is 0 Å². The number of hydrogen-bond acceptors (Lipinski definition) is 3. The lowest BCUT2D eigenvalue weighted by Crippen LogP contribution is -2.08. The molecule has 0 aliphatic carbocycles. The number of nitrogens with zero attached hydrogens (tertiary/aromatic N) is 2. The van der Waals surface area contributed by atoms with E-state index < -0.39 is 0 Å². The molecule has 2 aromatic heterocycles. The number of rotatable bonds is 1. The minimum absolute atomic E-state index is 0.155. The van der Waals surface area contributed by atoms with Gasteiger partial charge in [0.05, 0.1) is 17.4 Å². The molecule has 3 aromatic rings. The van der Waals surface area contributed by atoms with Crippen molar-refractivity contribution < 1.29 is 0 Å². The zero-order chi connectivity index (χ0) is 11.7. The third-order valence-electron chi connectivity index (χ3n) is 2.62. The maximum Gasteiger partial charge on any atom is 0.258 e. The first-order valence-corrected chi connectivity index (χ1v) is 5.22. The number of para-hydroxylation sites is 1. The molecule has 0 aliphatic heterocycles. The molecular formula is C13H9N3O. The van der Waals surface area contributed by atoms with E-state index in [1.165, 1.54) is 6.33 Å². The Labute approximate surface area is 97.0 Å². The lowest BCUT2D eigenvalue weighted by Gasteiger charge is -2.01. The SMILES string of the molecule is O=c1[nH]cncc1-c1cnc2ccccc2c1. The zero-order valence-corrected chi connectivity index (χ0v) is 8.92. The molecule has 1 N–H and O–H groups in total. The van der Waals surface area contributed by atoms with E-state index in [-0.39, 0.29) is 5.56 Å². The highest BCUT2D eigenvalue weighted by atomic mass is 16.1. The number of pyridine rings is 1. The van der Waals surface area contributed by atoms with Crippen molar-refractivity contribution in [3.63, 3.8) is 0 Å². The largest absolute Gasteiger partial charge is 0.313 e. The average Bonchev–Trinajstić information content (AvgIpc) is 2.39. The van der Waals surface area contributed by atoms with Crippen LogP contribution in [0.5, 0.6) is 0 Å². The number of nitrogens with one attached hydrogen (secondary N) is 1. The van der Waals surface area contributed by atoms with Gasteiger partial charge in [-0.05, 0) is 12.1 Å². The molecule has 0 saturated heterocycles. The molecule has 4 heteroatoms. The third-order valence-corrected chi connectivity index (χ3v) is 2.62. The number of benzene rings is 1. The number of hydrogen-bond donors (Lipinski definition) is 1. The summed E-state index contributed by atoms with van der Waals surface area (Å²) in [6.45, 7) is 0. The molecule has 1 aromatic carbocycles. The summed E-state index contributed by atoms with van der Waals surface area (Å²) in [5, 5.41) is 1.01. The minimum atomic E-state index is -0.155. The number of H-pyrrole nitrogens is 1. The van der Waals surface area contributed by atoms with Crippen molar-refractivity contribution in [3.05, 3.63) is 59.4 Å². The van der Waals surface area contributed by atoms with Crippen LogP contribution in [-0.4, -0.2) is 15.0 Å². The van der Waals surface area contributed by atoms with Gasteiger partial charge in [0.1, 0.15) is 0 Å². The molecule has 0 fully saturated rings. The summed E-state index contributed by atoms with van der Waals surface area (Å²) in [6, 6.07) is 9.73. The fourth-order valence-electron chi connectivity index (χ4n) is 1.77. The molecule has 82 valence electrons. The van der Waals surface area contributed by atoms with Crippen molar-refractivity contribution in [2.24, 2.45) is 0 Å². The van der Waals surface area contributed by atoms with Gasteiger partial charge in [0.25, 0.3) is 5.56 Å². The molecule has 0 amide bonds. The van der Waals surface area contributed by atoms with Crippen molar-refractivity contribution in [2.45, 2.75) is 0 Å². The van der Waals surface area contributed by atoms with Gasteiger partial charge in [0.15, 0.2) is 0 Å². The summed E-state index contributed by atoms with van der Waals surface area (Å²) >= 11 is 0. The van der Waals surface area contributed by atoms with Crippen LogP contribution in [0.3, 0.4) is 0 Å². The van der Waals surface area contributed by atoms with Crippen LogP contribution in [0, 0.1) is 0 Å². The molecule has 0 saturated carbocycles. The van der Waals surface area contributed by atoms with Gasteiger partial charge in [-0.25, -0.2) is 4.98 Å². The van der Waals surface area contributed by atoms with Crippen LogP contribution in [0.15, 0.2) is 53.8 Å². The second-order valence-corrected chi connectivity index (χ2v) is 3.71. The molecule has 0 atom stereocenters. The van der Waals surface area contributed by atoms with Gasteiger partial charge in [-0.3, -0.25) is 9.78 Å². The van der Waals surface area contributed by atoms with Gasteiger partial charge in [0.2, 0.25) is 0 Å². The number of aromatic amines is 1. The van der Waals surface area contributed by atoms with E-state index in [0.29, 0.717) is 5.56 Å². The monoisotopic (exact) mass is 223 g/mol. The maximum absolute atomic E-state index is 11.6. The first-order chi connectivity index (χ1) is 8.34. The van der Waals surface area contributed by atoms with Crippen LogP contribution in [0.25, 0.3) is 22.0 Å². The van der Waals surface area contributed by atoms with Gasteiger partial charge < -0.3 is 4.98 Å².